The van der Waals surface area contributed by atoms with E-state index >= 15 is 0 Å². The molecule has 1 aromatic rings. The molecule has 1 fully saturated rings. The maximum Gasteiger partial charge on any atom is 0.0291 e. The van der Waals surface area contributed by atoms with Crippen LogP contribution in [0.2, 0.25) is 0 Å². The van der Waals surface area contributed by atoms with Gasteiger partial charge in [0.25, 0.3) is 0 Å². The van der Waals surface area contributed by atoms with Gasteiger partial charge in [0.15, 0.2) is 0 Å². The Labute approximate surface area is 131 Å². The zero-order valence-corrected chi connectivity index (χ0v) is 14.2. The van der Waals surface area contributed by atoms with E-state index in [1.807, 2.05) is 0 Å². The first-order chi connectivity index (χ1) is 9.65. The van der Waals surface area contributed by atoms with Crippen LogP contribution in [0, 0.1) is 0 Å². The molecule has 1 heterocycles. The molecule has 1 aromatic carbocycles. The number of likely N-dealkylation sites (N-methyl/N-ethyl adjacent to an activating group) is 1. The predicted molar refractivity (Wildman–Crippen MR) is 89.1 cm³/mol. The molecule has 1 aliphatic rings. The van der Waals surface area contributed by atoms with E-state index in [9.17, 15) is 0 Å². The van der Waals surface area contributed by atoms with E-state index in [4.69, 9.17) is 0 Å². The van der Waals surface area contributed by atoms with Gasteiger partial charge in [0.1, 0.15) is 0 Å². The van der Waals surface area contributed by atoms with Crippen LogP contribution < -0.4 is 5.32 Å². The zero-order valence-electron chi connectivity index (χ0n) is 12.6. The summed E-state index contributed by atoms with van der Waals surface area (Å²) in [5.74, 6) is 0. The molecule has 1 N–H and O–H groups in total. The summed E-state index contributed by atoms with van der Waals surface area (Å²) >= 11 is 3.48. The largest absolute Gasteiger partial charge is 0.310 e. The second-order valence-corrected chi connectivity index (χ2v) is 6.64. The maximum absolute atomic E-state index is 3.61. The van der Waals surface area contributed by atoms with Gasteiger partial charge in [-0.1, -0.05) is 28.1 Å². The Morgan fingerprint density at radius 2 is 1.80 bits per heavy atom. The van der Waals surface area contributed by atoms with Gasteiger partial charge in [0, 0.05) is 36.7 Å². The molecule has 0 aliphatic carbocycles. The van der Waals surface area contributed by atoms with Gasteiger partial charge >= 0.3 is 0 Å². The number of halogens is 1. The molecule has 0 radical (unpaired) electrons. The predicted octanol–water partition coefficient (Wildman–Crippen LogP) is 2.74. The van der Waals surface area contributed by atoms with Crippen molar-refractivity contribution in [2.75, 3.05) is 46.3 Å². The molecule has 20 heavy (non-hydrogen) atoms. The van der Waals surface area contributed by atoms with Crippen molar-refractivity contribution in [3.63, 3.8) is 0 Å². The number of piperazine rings is 1. The summed E-state index contributed by atoms with van der Waals surface area (Å²) in [4.78, 5) is 4.98. The van der Waals surface area contributed by atoms with Crippen LogP contribution in [0.3, 0.4) is 0 Å². The molecule has 4 heteroatoms. The minimum Gasteiger partial charge on any atom is -0.310 e. The lowest BCUT2D eigenvalue weighted by Crippen LogP contribution is -2.45. The van der Waals surface area contributed by atoms with Crippen molar-refractivity contribution in [2.45, 2.75) is 19.4 Å². The first-order valence-corrected chi connectivity index (χ1v) is 8.34. The summed E-state index contributed by atoms with van der Waals surface area (Å²) in [6.45, 7) is 9.40. The van der Waals surface area contributed by atoms with E-state index in [1.165, 1.54) is 44.7 Å². The van der Waals surface area contributed by atoms with Gasteiger partial charge in [-0.3, -0.25) is 0 Å². The third-order valence-corrected chi connectivity index (χ3v) is 4.60. The van der Waals surface area contributed by atoms with E-state index < -0.39 is 0 Å². The van der Waals surface area contributed by atoms with Crippen molar-refractivity contribution >= 4 is 15.9 Å². The first kappa shape index (κ1) is 16.0. The van der Waals surface area contributed by atoms with E-state index in [1.54, 1.807) is 0 Å². The molecule has 0 saturated carbocycles. The lowest BCUT2D eigenvalue weighted by Gasteiger charge is -2.32. The average molecular weight is 340 g/mol. The van der Waals surface area contributed by atoms with Gasteiger partial charge in [-0.25, -0.2) is 0 Å². The quantitative estimate of drug-likeness (QED) is 0.804. The van der Waals surface area contributed by atoms with Crippen molar-refractivity contribution in [1.82, 2.24) is 15.1 Å². The lowest BCUT2D eigenvalue weighted by atomic mass is 10.1. The fourth-order valence-corrected chi connectivity index (χ4v) is 2.83. The summed E-state index contributed by atoms with van der Waals surface area (Å²) in [5.41, 5.74) is 1.35. The van der Waals surface area contributed by atoms with E-state index in [0.29, 0.717) is 6.04 Å². The number of rotatable bonds is 6. The van der Waals surface area contributed by atoms with Gasteiger partial charge < -0.3 is 15.1 Å². The summed E-state index contributed by atoms with van der Waals surface area (Å²) in [7, 11) is 2.21. The van der Waals surface area contributed by atoms with E-state index in [2.05, 4.69) is 69.3 Å². The summed E-state index contributed by atoms with van der Waals surface area (Å²) in [6.07, 6.45) is 1.23. The van der Waals surface area contributed by atoms with Crippen LogP contribution in [0.5, 0.6) is 0 Å². The highest BCUT2D eigenvalue weighted by atomic mass is 79.9. The molecule has 0 bridgehead atoms. The Hall–Kier alpha value is -0.420. The van der Waals surface area contributed by atoms with Crippen LogP contribution >= 0.6 is 15.9 Å². The molecule has 1 atom stereocenters. The van der Waals surface area contributed by atoms with Crippen molar-refractivity contribution in [1.29, 1.82) is 0 Å². The average Bonchev–Trinajstić information content (AvgIpc) is 2.46. The smallest absolute Gasteiger partial charge is 0.0291 e. The Kier molecular flexibility index (Phi) is 6.49. The standard InChI is InChI=1S/C16H26BrN3/c1-14(15-4-6-16(17)7-5-15)18-8-3-9-20-12-10-19(2)11-13-20/h4-7,14,18H,3,8-13H2,1-2H3. The van der Waals surface area contributed by atoms with Crippen LogP contribution in [0.15, 0.2) is 28.7 Å². The third-order valence-electron chi connectivity index (χ3n) is 4.07. The molecule has 0 aromatic heterocycles. The SMILES string of the molecule is CC(NCCCN1CCN(C)CC1)c1ccc(Br)cc1. The third kappa shape index (κ3) is 5.17. The summed E-state index contributed by atoms with van der Waals surface area (Å²) < 4.78 is 1.14. The second kappa shape index (κ2) is 8.13. The molecule has 0 spiro atoms. The van der Waals surface area contributed by atoms with Gasteiger partial charge in [-0.15, -0.1) is 0 Å². The molecule has 0 amide bonds. The molecular weight excluding hydrogens is 314 g/mol. The van der Waals surface area contributed by atoms with Crippen LogP contribution in [-0.2, 0) is 0 Å². The minimum absolute atomic E-state index is 0.426. The van der Waals surface area contributed by atoms with Crippen molar-refractivity contribution in [3.8, 4) is 0 Å². The number of benzene rings is 1. The Bertz CT molecular complexity index is 385. The second-order valence-electron chi connectivity index (χ2n) is 5.73. The summed E-state index contributed by atoms with van der Waals surface area (Å²) in [6, 6.07) is 9.01. The van der Waals surface area contributed by atoms with Crippen LogP contribution in [0.25, 0.3) is 0 Å². The fraction of sp³-hybridized carbons (Fsp3) is 0.625. The molecule has 1 aliphatic heterocycles. The minimum atomic E-state index is 0.426. The fourth-order valence-electron chi connectivity index (χ4n) is 2.56. The lowest BCUT2D eigenvalue weighted by molar-refractivity contribution is 0.152. The number of nitrogens with zero attached hydrogens (tertiary/aromatic N) is 2. The number of hydrogen-bond donors (Lipinski definition) is 1. The highest BCUT2D eigenvalue weighted by molar-refractivity contribution is 9.10. The Balaban J connectivity index is 1.62. The highest BCUT2D eigenvalue weighted by Gasteiger charge is 2.12. The van der Waals surface area contributed by atoms with Crippen LogP contribution in [0.4, 0.5) is 0 Å². The molecule has 1 saturated heterocycles. The first-order valence-electron chi connectivity index (χ1n) is 7.55. The maximum atomic E-state index is 3.61. The molecule has 2 rings (SSSR count). The van der Waals surface area contributed by atoms with E-state index in [0.717, 1.165) is 11.0 Å². The van der Waals surface area contributed by atoms with Gasteiger partial charge in [0.2, 0.25) is 0 Å². The molecule has 1 unspecified atom stereocenters. The van der Waals surface area contributed by atoms with Gasteiger partial charge in [-0.2, -0.15) is 0 Å². The normalized spacial score (nSPS) is 19.1. The number of nitrogens with one attached hydrogen (secondary N) is 1. The van der Waals surface area contributed by atoms with Gasteiger partial charge in [-0.05, 0) is 51.2 Å². The monoisotopic (exact) mass is 339 g/mol. The summed E-state index contributed by atoms with van der Waals surface area (Å²) in [5, 5.41) is 3.61. The van der Waals surface area contributed by atoms with Crippen molar-refractivity contribution in [2.24, 2.45) is 0 Å². The zero-order chi connectivity index (χ0) is 14.4. The van der Waals surface area contributed by atoms with Crippen LogP contribution in [-0.4, -0.2) is 56.1 Å². The molecular formula is C16H26BrN3. The Morgan fingerprint density at radius 1 is 1.15 bits per heavy atom. The highest BCUT2D eigenvalue weighted by Crippen LogP contribution is 2.16. The Morgan fingerprint density at radius 3 is 2.45 bits per heavy atom. The van der Waals surface area contributed by atoms with Crippen molar-refractivity contribution in [3.05, 3.63) is 34.3 Å². The van der Waals surface area contributed by atoms with Gasteiger partial charge in [0.05, 0.1) is 0 Å². The van der Waals surface area contributed by atoms with E-state index in [-0.39, 0.29) is 0 Å². The van der Waals surface area contributed by atoms with Crippen molar-refractivity contribution < 1.29 is 0 Å². The van der Waals surface area contributed by atoms with Crippen LogP contribution in [0.1, 0.15) is 24.9 Å². The number of hydrogen-bond acceptors (Lipinski definition) is 3. The topological polar surface area (TPSA) is 18.5 Å². The molecule has 3 nitrogen and oxygen atoms in total. The molecule has 112 valence electrons.